The fourth-order valence-corrected chi connectivity index (χ4v) is 3.18. The van der Waals surface area contributed by atoms with Crippen LogP contribution in [0.1, 0.15) is 12.8 Å². The van der Waals surface area contributed by atoms with E-state index < -0.39 is 20.2 Å². The Bertz CT molecular complexity index is 610. The number of methoxy groups -OCH3 is 1. The molecule has 0 amide bonds. The maximum absolute atomic E-state index is 12.5. The molecule has 0 bridgehead atoms. The fourth-order valence-electron chi connectivity index (χ4n) is 2.42. The molecule has 23 heavy (non-hydrogen) atoms. The molecule has 0 aliphatic carbocycles. The van der Waals surface area contributed by atoms with Crippen molar-refractivity contribution < 1.29 is 31.1 Å². The van der Waals surface area contributed by atoms with E-state index in [9.17, 15) is 21.6 Å². The standard InChI is InChI=1S/C14H18F3NO4S/c1-21-9-12(13-3-2-8-22-13)18-10-4-6-11(7-5-10)23(19,20)14(15,16)17/h4-7,12-13,18H,2-3,8-9H2,1H3/t12-,13+/m0/s1. The molecule has 1 saturated heterocycles. The Morgan fingerprint density at radius 2 is 2.00 bits per heavy atom. The molecule has 130 valence electrons. The number of anilines is 1. The Hall–Kier alpha value is -1.32. The van der Waals surface area contributed by atoms with Gasteiger partial charge in [0.1, 0.15) is 0 Å². The number of nitrogens with one attached hydrogen (secondary N) is 1. The van der Waals surface area contributed by atoms with Crippen LogP contribution in [0.25, 0.3) is 0 Å². The van der Waals surface area contributed by atoms with E-state index in [0.717, 1.165) is 25.0 Å². The van der Waals surface area contributed by atoms with Crippen molar-refractivity contribution >= 4 is 15.5 Å². The van der Waals surface area contributed by atoms with Crippen LogP contribution in [0.15, 0.2) is 29.2 Å². The topological polar surface area (TPSA) is 64.6 Å². The first-order valence-electron chi connectivity index (χ1n) is 7.04. The highest BCUT2D eigenvalue weighted by Gasteiger charge is 2.46. The van der Waals surface area contributed by atoms with Crippen molar-refractivity contribution in [2.75, 3.05) is 25.6 Å². The molecule has 0 radical (unpaired) electrons. The zero-order valence-corrected chi connectivity index (χ0v) is 13.3. The maximum Gasteiger partial charge on any atom is 0.501 e. The molecule has 1 heterocycles. The maximum atomic E-state index is 12.5. The predicted molar refractivity (Wildman–Crippen MR) is 77.9 cm³/mol. The molecule has 0 unspecified atom stereocenters. The van der Waals surface area contributed by atoms with E-state index in [1.54, 1.807) is 7.11 Å². The Labute approximate surface area is 132 Å². The smallest absolute Gasteiger partial charge is 0.382 e. The zero-order valence-electron chi connectivity index (χ0n) is 12.5. The molecule has 1 aliphatic heterocycles. The van der Waals surface area contributed by atoms with Gasteiger partial charge >= 0.3 is 5.51 Å². The molecule has 5 nitrogen and oxygen atoms in total. The highest BCUT2D eigenvalue weighted by molar-refractivity contribution is 7.92. The van der Waals surface area contributed by atoms with E-state index in [0.29, 0.717) is 18.9 Å². The largest absolute Gasteiger partial charge is 0.501 e. The summed E-state index contributed by atoms with van der Waals surface area (Å²) in [4.78, 5) is -0.782. The van der Waals surface area contributed by atoms with Crippen molar-refractivity contribution in [1.29, 1.82) is 0 Å². The van der Waals surface area contributed by atoms with Gasteiger partial charge in [0.2, 0.25) is 0 Å². The van der Waals surface area contributed by atoms with Crippen molar-refractivity contribution in [3.8, 4) is 0 Å². The molecule has 1 aromatic rings. The van der Waals surface area contributed by atoms with Gasteiger partial charge in [-0.1, -0.05) is 0 Å². The molecule has 2 rings (SSSR count). The highest BCUT2D eigenvalue weighted by atomic mass is 32.2. The summed E-state index contributed by atoms with van der Waals surface area (Å²) >= 11 is 0. The van der Waals surface area contributed by atoms with Crippen molar-refractivity contribution in [1.82, 2.24) is 0 Å². The first kappa shape index (κ1) is 18.0. The third-order valence-corrected chi connectivity index (χ3v) is 5.08. The Morgan fingerprint density at radius 3 is 2.48 bits per heavy atom. The zero-order chi connectivity index (χ0) is 17.1. The van der Waals surface area contributed by atoms with Crippen LogP contribution in [-0.2, 0) is 19.3 Å². The molecule has 1 N–H and O–H groups in total. The van der Waals surface area contributed by atoms with Crippen LogP contribution >= 0.6 is 0 Å². The van der Waals surface area contributed by atoms with Crippen LogP contribution in [-0.4, -0.2) is 46.4 Å². The lowest BCUT2D eigenvalue weighted by Crippen LogP contribution is -2.37. The van der Waals surface area contributed by atoms with E-state index >= 15 is 0 Å². The Kier molecular flexibility index (Phi) is 5.53. The molecular weight excluding hydrogens is 335 g/mol. The summed E-state index contributed by atoms with van der Waals surface area (Å²) in [6.45, 7) is 1.03. The number of alkyl halides is 3. The van der Waals surface area contributed by atoms with Crippen molar-refractivity contribution in [2.24, 2.45) is 0 Å². The minimum absolute atomic E-state index is 0.0477. The number of hydrogen-bond acceptors (Lipinski definition) is 5. The molecule has 0 aromatic heterocycles. The van der Waals surface area contributed by atoms with E-state index in [4.69, 9.17) is 9.47 Å². The Morgan fingerprint density at radius 1 is 1.35 bits per heavy atom. The number of ether oxygens (including phenoxy) is 2. The second-order valence-corrected chi connectivity index (χ2v) is 7.17. The third-order valence-electron chi connectivity index (χ3n) is 3.58. The monoisotopic (exact) mass is 353 g/mol. The number of sulfone groups is 1. The van der Waals surface area contributed by atoms with Crippen LogP contribution in [0.4, 0.5) is 18.9 Å². The van der Waals surface area contributed by atoms with E-state index in [1.165, 1.54) is 12.1 Å². The Balaban J connectivity index is 2.12. The molecule has 0 spiro atoms. The van der Waals surface area contributed by atoms with Gasteiger partial charge in [-0.05, 0) is 37.1 Å². The van der Waals surface area contributed by atoms with Gasteiger partial charge in [-0.3, -0.25) is 0 Å². The van der Waals surface area contributed by atoms with Gasteiger partial charge in [0.25, 0.3) is 9.84 Å². The van der Waals surface area contributed by atoms with Crippen LogP contribution in [0.3, 0.4) is 0 Å². The van der Waals surface area contributed by atoms with Crippen LogP contribution in [0.2, 0.25) is 0 Å². The van der Waals surface area contributed by atoms with Crippen LogP contribution in [0.5, 0.6) is 0 Å². The summed E-state index contributed by atoms with van der Waals surface area (Å²) in [7, 11) is -3.78. The molecule has 1 aromatic carbocycles. The van der Waals surface area contributed by atoms with Gasteiger partial charge in [0.05, 0.1) is 23.6 Å². The van der Waals surface area contributed by atoms with Crippen LogP contribution in [0, 0.1) is 0 Å². The summed E-state index contributed by atoms with van der Waals surface area (Å²) in [5.41, 5.74) is -4.80. The van der Waals surface area contributed by atoms with E-state index in [2.05, 4.69) is 5.32 Å². The number of halogens is 3. The summed E-state index contributed by atoms with van der Waals surface area (Å²) in [6, 6.07) is 4.31. The number of hydrogen-bond donors (Lipinski definition) is 1. The molecule has 9 heteroatoms. The average molecular weight is 353 g/mol. The van der Waals surface area contributed by atoms with Gasteiger partial charge in [-0.2, -0.15) is 13.2 Å². The van der Waals surface area contributed by atoms with Crippen molar-refractivity contribution in [2.45, 2.75) is 35.4 Å². The summed E-state index contributed by atoms with van der Waals surface area (Å²) in [6.07, 6.45) is 1.75. The predicted octanol–water partition coefficient (Wildman–Crippen LogP) is 2.59. The number of benzene rings is 1. The summed E-state index contributed by atoms with van der Waals surface area (Å²) < 4.78 is 70.8. The number of rotatable bonds is 6. The molecule has 2 atom stereocenters. The van der Waals surface area contributed by atoms with Crippen LogP contribution < -0.4 is 5.32 Å². The molecule has 1 fully saturated rings. The van der Waals surface area contributed by atoms with Gasteiger partial charge in [-0.15, -0.1) is 0 Å². The summed E-state index contributed by atoms with van der Waals surface area (Å²) in [5, 5.41) is 3.11. The highest BCUT2D eigenvalue weighted by Crippen LogP contribution is 2.31. The average Bonchev–Trinajstić information content (AvgIpc) is 3.00. The third kappa shape index (κ3) is 4.15. The van der Waals surface area contributed by atoms with Gasteiger partial charge in [0.15, 0.2) is 0 Å². The normalized spacial score (nSPS) is 20.4. The molecule has 0 saturated carbocycles. The SMILES string of the molecule is COC[C@H](Nc1ccc(S(=O)(=O)C(F)(F)F)cc1)[C@H]1CCCO1. The van der Waals surface area contributed by atoms with E-state index in [1.807, 2.05) is 0 Å². The lowest BCUT2D eigenvalue weighted by atomic mass is 10.1. The first-order valence-corrected chi connectivity index (χ1v) is 8.52. The van der Waals surface area contributed by atoms with E-state index in [-0.39, 0.29) is 12.1 Å². The first-order chi connectivity index (χ1) is 10.8. The quantitative estimate of drug-likeness (QED) is 0.852. The van der Waals surface area contributed by atoms with Crippen molar-refractivity contribution in [3.05, 3.63) is 24.3 Å². The lowest BCUT2D eigenvalue weighted by molar-refractivity contribution is -0.0436. The van der Waals surface area contributed by atoms with Gasteiger partial charge in [-0.25, -0.2) is 8.42 Å². The summed E-state index contributed by atoms with van der Waals surface area (Å²) in [5.74, 6) is 0. The van der Waals surface area contributed by atoms with Gasteiger partial charge < -0.3 is 14.8 Å². The fraction of sp³-hybridized carbons (Fsp3) is 0.571. The van der Waals surface area contributed by atoms with Crippen molar-refractivity contribution in [3.63, 3.8) is 0 Å². The minimum Gasteiger partial charge on any atom is -0.382 e. The second-order valence-electron chi connectivity index (χ2n) is 5.23. The molecular formula is C14H18F3NO4S. The van der Waals surface area contributed by atoms with Gasteiger partial charge in [0, 0.05) is 19.4 Å². The molecule has 1 aliphatic rings. The minimum atomic E-state index is -5.32. The second kappa shape index (κ2) is 7.06. The lowest BCUT2D eigenvalue weighted by Gasteiger charge is -2.24.